The van der Waals surface area contributed by atoms with Crippen LogP contribution in [0.25, 0.3) is 0 Å². The molecular formula is C13H15ClN2O2. The lowest BCUT2D eigenvalue weighted by molar-refractivity contribution is 0.242. The summed E-state index contributed by atoms with van der Waals surface area (Å²) in [4.78, 5) is 4.21. The second-order valence-corrected chi connectivity index (χ2v) is 4.43. The molecule has 18 heavy (non-hydrogen) atoms. The van der Waals surface area contributed by atoms with Crippen LogP contribution in [0.2, 0.25) is 0 Å². The fourth-order valence-corrected chi connectivity index (χ4v) is 1.81. The van der Waals surface area contributed by atoms with Crippen molar-refractivity contribution in [2.75, 3.05) is 0 Å². The first-order valence-corrected chi connectivity index (χ1v) is 6.37. The number of halogens is 1. The molecule has 0 aliphatic heterocycles. The molecule has 5 heteroatoms. The number of para-hydroxylation sites is 1. The summed E-state index contributed by atoms with van der Waals surface area (Å²) in [5.74, 6) is 1.74. The Bertz CT molecular complexity index is 473. The molecule has 0 saturated carbocycles. The van der Waals surface area contributed by atoms with Gasteiger partial charge in [0.1, 0.15) is 5.75 Å². The number of hydrogen-bond donors (Lipinski definition) is 0. The van der Waals surface area contributed by atoms with Gasteiger partial charge < -0.3 is 9.26 Å². The number of ether oxygens (including phenoxy) is 1. The van der Waals surface area contributed by atoms with Crippen molar-refractivity contribution in [1.29, 1.82) is 0 Å². The first-order valence-electron chi connectivity index (χ1n) is 5.94. The van der Waals surface area contributed by atoms with Gasteiger partial charge in [-0.2, -0.15) is 4.98 Å². The van der Waals surface area contributed by atoms with Crippen molar-refractivity contribution in [2.45, 2.75) is 31.7 Å². The van der Waals surface area contributed by atoms with Crippen molar-refractivity contribution in [3.05, 3.63) is 42.0 Å². The zero-order valence-corrected chi connectivity index (χ0v) is 10.9. The molecule has 2 aromatic rings. The molecule has 0 fully saturated rings. The van der Waals surface area contributed by atoms with Gasteiger partial charge in [0.15, 0.2) is 12.4 Å². The maximum atomic E-state index is 6.11. The lowest BCUT2D eigenvalue weighted by atomic mass is 10.2. The standard InChI is InChI=1S/C13H15ClN2O2/c1-2-6-11(14)13-15-12(18-16-13)9-17-10-7-4-3-5-8-10/h3-5,7-8,11H,2,6,9H2,1H3. The molecule has 96 valence electrons. The van der Waals surface area contributed by atoms with Crippen molar-refractivity contribution < 1.29 is 9.26 Å². The Morgan fingerprint density at radius 3 is 2.83 bits per heavy atom. The highest BCUT2D eigenvalue weighted by atomic mass is 35.5. The van der Waals surface area contributed by atoms with Crippen LogP contribution in [0.5, 0.6) is 5.75 Å². The van der Waals surface area contributed by atoms with E-state index in [1.165, 1.54) is 0 Å². The zero-order chi connectivity index (χ0) is 12.8. The highest BCUT2D eigenvalue weighted by molar-refractivity contribution is 6.20. The summed E-state index contributed by atoms with van der Waals surface area (Å²) in [7, 11) is 0. The van der Waals surface area contributed by atoms with Crippen LogP contribution in [0.1, 0.15) is 36.9 Å². The van der Waals surface area contributed by atoms with Gasteiger partial charge >= 0.3 is 0 Å². The number of hydrogen-bond acceptors (Lipinski definition) is 4. The van der Waals surface area contributed by atoms with Crippen LogP contribution in [-0.4, -0.2) is 10.1 Å². The normalized spacial score (nSPS) is 12.3. The Morgan fingerprint density at radius 1 is 1.33 bits per heavy atom. The summed E-state index contributed by atoms with van der Waals surface area (Å²) in [6.07, 6.45) is 1.82. The molecule has 1 atom stereocenters. The molecule has 0 radical (unpaired) electrons. The van der Waals surface area contributed by atoms with Gasteiger partial charge in [0.2, 0.25) is 0 Å². The summed E-state index contributed by atoms with van der Waals surface area (Å²) in [6.45, 7) is 2.32. The highest BCUT2D eigenvalue weighted by Gasteiger charge is 2.14. The highest BCUT2D eigenvalue weighted by Crippen LogP contribution is 2.22. The van der Waals surface area contributed by atoms with Gasteiger partial charge in [-0.15, -0.1) is 11.6 Å². The predicted octanol–water partition coefficient (Wildman–Crippen LogP) is 3.73. The monoisotopic (exact) mass is 266 g/mol. The molecular weight excluding hydrogens is 252 g/mol. The average molecular weight is 267 g/mol. The van der Waals surface area contributed by atoms with E-state index in [2.05, 4.69) is 17.1 Å². The molecule has 0 N–H and O–H groups in total. The molecule has 0 saturated heterocycles. The van der Waals surface area contributed by atoms with Crippen molar-refractivity contribution in [3.63, 3.8) is 0 Å². The van der Waals surface area contributed by atoms with E-state index in [-0.39, 0.29) is 12.0 Å². The Morgan fingerprint density at radius 2 is 2.11 bits per heavy atom. The number of benzene rings is 1. The van der Waals surface area contributed by atoms with E-state index in [1.54, 1.807) is 0 Å². The maximum Gasteiger partial charge on any atom is 0.264 e. The molecule has 0 aliphatic carbocycles. The number of alkyl halides is 1. The minimum atomic E-state index is -0.191. The number of nitrogens with zero attached hydrogens (tertiary/aromatic N) is 2. The topological polar surface area (TPSA) is 48.2 Å². The van der Waals surface area contributed by atoms with Crippen LogP contribution < -0.4 is 4.74 Å². The van der Waals surface area contributed by atoms with Crippen LogP contribution >= 0.6 is 11.6 Å². The van der Waals surface area contributed by atoms with E-state index in [1.807, 2.05) is 30.3 Å². The van der Waals surface area contributed by atoms with Crippen LogP contribution in [0.15, 0.2) is 34.9 Å². The summed E-state index contributed by atoms with van der Waals surface area (Å²) in [6, 6.07) is 9.49. The molecule has 0 aliphatic rings. The van der Waals surface area contributed by atoms with Gasteiger partial charge in [-0.3, -0.25) is 0 Å². The van der Waals surface area contributed by atoms with Gasteiger partial charge in [-0.25, -0.2) is 0 Å². The predicted molar refractivity (Wildman–Crippen MR) is 68.6 cm³/mol. The molecule has 0 amide bonds. The zero-order valence-electron chi connectivity index (χ0n) is 10.2. The molecule has 1 heterocycles. The van der Waals surface area contributed by atoms with E-state index in [0.29, 0.717) is 11.7 Å². The van der Waals surface area contributed by atoms with Gasteiger partial charge in [0, 0.05) is 0 Å². The third-order valence-corrected chi connectivity index (χ3v) is 2.82. The SMILES string of the molecule is CCCC(Cl)c1noc(COc2ccccc2)n1. The minimum absolute atomic E-state index is 0.191. The van der Waals surface area contributed by atoms with E-state index < -0.39 is 0 Å². The van der Waals surface area contributed by atoms with E-state index in [0.717, 1.165) is 18.6 Å². The summed E-state index contributed by atoms with van der Waals surface area (Å²) < 4.78 is 10.6. The first kappa shape index (κ1) is 12.9. The lowest BCUT2D eigenvalue weighted by Gasteiger charge is -2.01. The fraction of sp³-hybridized carbons (Fsp3) is 0.385. The smallest absolute Gasteiger partial charge is 0.264 e. The third kappa shape index (κ3) is 3.47. The van der Waals surface area contributed by atoms with Crippen LogP contribution in [0, 0.1) is 0 Å². The quantitative estimate of drug-likeness (QED) is 0.748. The molecule has 1 unspecified atom stereocenters. The van der Waals surface area contributed by atoms with Crippen molar-refractivity contribution >= 4 is 11.6 Å². The average Bonchev–Trinajstić information content (AvgIpc) is 2.87. The Balaban J connectivity index is 1.91. The maximum absolute atomic E-state index is 6.11. The van der Waals surface area contributed by atoms with Crippen LogP contribution in [-0.2, 0) is 6.61 Å². The number of rotatable bonds is 6. The van der Waals surface area contributed by atoms with Gasteiger partial charge in [0.25, 0.3) is 5.89 Å². The molecule has 1 aromatic heterocycles. The third-order valence-electron chi connectivity index (χ3n) is 2.41. The lowest BCUT2D eigenvalue weighted by Crippen LogP contribution is -1.97. The summed E-state index contributed by atoms with van der Waals surface area (Å²) in [5, 5.41) is 3.66. The summed E-state index contributed by atoms with van der Waals surface area (Å²) in [5.41, 5.74) is 0. The Kier molecular flexibility index (Phi) is 4.59. The largest absolute Gasteiger partial charge is 0.484 e. The van der Waals surface area contributed by atoms with E-state index >= 15 is 0 Å². The van der Waals surface area contributed by atoms with Gasteiger partial charge in [-0.05, 0) is 18.6 Å². The van der Waals surface area contributed by atoms with E-state index in [9.17, 15) is 0 Å². The molecule has 2 rings (SSSR count). The van der Waals surface area contributed by atoms with Crippen molar-refractivity contribution in [3.8, 4) is 5.75 Å². The summed E-state index contributed by atoms with van der Waals surface area (Å²) >= 11 is 6.11. The van der Waals surface area contributed by atoms with Gasteiger partial charge in [-0.1, -0.05) is 36.7 Å². The molecule has 4 nitrogen and oxygen atoms in total. The molecule has 0 spiro atoms. The fourth-order valence-electron chi connectivity index (χ4n) is 1.50. The Hall–Kier alpha value is -1.55. The van der Waals surface area contributed by atoms with Gasteiger partial charge in [0.05, 0.1) is 5.38 Å². The number of aromatic nitrogens is 2. The van der Waals surface area contributed by atoms with Crippen LogP contribution in [0.4, 0.5) is 0 Å². The van der Waals surface area contributed by atoms with E-state index in [4.69, 9.17) is 20.9 Å². The second kappa shape index (κ2) is 6.40. The van der Waals surface area contributed by atoms with Crippen molar-refractivity contribution in [2.24, 2.45) is 0 Å². The van der Waals surface area contributed by atoms with Crippen LogP contribution in [0.3, 0.4) is 0 Å². The Labute approximate surface area is 111 Å². The first-order chi connectivity index (χ1) is 8.79. The molecule has 1 aromatic carbocycles. The molecule has 0 bridgehead atoms. The second-order valence-electron chi connectivity index (χ2n) is 3.90. The van der Waals surface area contributed by atoms with Crippen molar-refractivity contribution in [1.82, 2.24) is 10.1 Å². The minimum Gasteiger partial charge on any atom is -0.484 e.